The number of carbonyl (C=O) groups is 1. The SMILES string of the molecule is O=C(CC1CNCCO1)Nc1cccc2c(O)cccc12. The second-order valence-corrected chi connectivity index (χ2v) is 5.13. The molecule has 110 valence electrons. The highest BCUT2D eigenvalue weighted by Crippen LogP contribution is 2.29. The quantitative estimate of drug-likeness (QED) is 0.805. The Morgan fingerprint density at radius 2 is 2.10 bits per heavy atom. The number of hydrogen-bond donors (Lipinski definition) is 3. The van der Waals surface area contributed by atoms with Crippen molar-refractivity contribution in [3.8, 4) is 5.75 Å². The molecule has 1 atom stereocenters. The number of morpholine rings is 1. The van der Waals surface area contributed by atoms with Gasteiger partial charge in [0.25, 0.3) is 0 Å². The Kier molecular flexibility index (Phi) is 4.03. The lowest BCUT2D eigenvalue weighted by Crippen LogP contribution is -2.40. The van der Waals surface area contributed by atoms with E-state index in [-0.39, 0.29) is 17.8 Å². The molecule has 1 fully saturated rings. The molecule has 3 N–H and O–H groups in total. The van der Waals surface area contributed by atoms with Crippen LogP contribution in [0.2, 0.25) is 0 Å². The lowest BCUT2D eigenvalue weighted by molar-refractivity contribution is -0.119. The molecule has 2 aromatic carbocycles. The zero-order chi connectivity index (χ0) is 14.7. The first kappa shape index (κ1) is 13.9. The minimum atomic E-state index is -0.0838. The molecule has 1 aliphatic rings. The predicted molar refractivity (Wildman–Crippen MR) is 81.5 cm³/mol. The third-order valence-corrected chi connectivity index (χ3v) is 3.59. The normalized spacial score (nSPS) is 18.6. The number of aromatic hydroxyl groups is 1. The van der Waals surface area contributed by atoms with Gasteiger partial charge in [-0.15, -0.1) is 0 Å². The summed E-state index contributed by atoms with van der Waals surface area (Å²) >= 11 is 0. The summed E-state index contributed by atoms with van der Waals surface area (Å²) < 4.78 is 5.53. The number of anilines is 1. The van der Waals surface area contributed by atoms with Crippen molar-refractivity contribution in [3.63, 3.8) is 0 Å². The number of hydrogen-bond acceptors (Lipinski definition) is 4. The Labute approximate surface area is 122 Å². The maximum atomic E-state index is 12.1. The van der Waals surface area contributed by atoms with Gasteiger partial charge >= 0.3 is 0 Å². The van der Waals surface area contributed by atoms with Crippen LogP contribution in [0.15, 0.2) is 36.4 Å². The van der Waals surface area contributed by atoms with E-state index in [0.717, 1.165) is 17.3 Å². The number of benzene rings is 2. The molecule has 0 spiro atoms. The molecular weight excluding hydrogens is 268 g/mol. The van der Waals surface area contributed by atoms with E-state index in [1.165, 1.54) is 0 Å². The Morgan fingerprint density at radius 1 is 1.29 bits per heavy atom. The maximum absolute atomic E-state index is 12.1. The molecule has 1 unspecified atom stereocenters. The summed E-state index contributed by atoms with van der Waals surface area (Å²) in [6, 6.07) is 10.8. The average molecular weight is 286 g/mol. The van der Waals surface area contributed by atoms with E-state index in [0.29, 0.717) is 25.3 Å². The first-order chi connectivity index (χ1) is 10.2. The van der Waals surface area contributed by atoms with Gasteiger partial charge in [-0.3, -0.25) is 4.79 Å². The van der Waals surface area contributed by atoms with Crippen molar-refractivity contribution in [1.82, 2.24) is 5.32 Å². The van der Waals surface area contributed by atoms with E-state index in [1.54, 1.807) is 12.1 Å². The Hall–Kier alpha value is -2.11. The van der Waals surface area contributed by atoms with Crippen LogP contribution in [-0.2, 0) is 9.53 Å². The van der Waals surface area contributed by atoms with Crippen molar-refractivity contribution in [2.45, 2.75) is 12.5 Å². The second-order valence-electron chi connectivity index (χ2n) is 5.13. The molecule has 2 aromatic rings. The fourth-order valence-corrected chi connectivity index (χ4v) is 2.56. The number of phenols is 1. The Balaban J connectivity index is 1.75. The van der Waals surface area contributed by atoms with E-state index in [2.05, 4.69) is 10.6 Å². The van der Waals surface area contributed by atoms with Gasteiger partial charge in [-0.05, 0) is 12.1 Å². The topological polar surface area (TPSA) is 70.6 Å². The van der Waals surface area contributed by atoms with Crippen molar-refractivity contribution in [1.29, 1.82) is 0 Å². The summed E-state index contributed by atoms with van der Waals surface area (Å²) in [6.45, 7) is 2.17. The van der Waals surface area contributed by atoms with Crippen LogP contribution >= 0.6 is 0 Å². The molecule has 0 aliphatic carbocycles. The summed E-state index contributed by atoms with van der Waals surface area (Å²) in [5.74, 6) is 0.128. The molecule has 0 aromatic heterocycles. The molecule has 1 heterocycles. The number of fused-ring (bicyclic) bond motifs is 1. The van der Waals surface area contributed by atoms with Crippen LogP contribution in [-0.4, -0.2) is 36.8 Å². The van der Waals surface area contributed by atoms with Crippen LogP contribution in [0.4, 0.5) is 5.69 Å². The lowest BCUT2D eigenvalue weighted by Gasteiger charge is -2.23. The van der Waals surface area contributed by atoms with Gasteiger partial charge in [0.1, 0.15) is 5.75 Å². The molecule has 0 radical (unpaired) electrons. The van der Waals surface area contributed by atoms with E-state index in [4.69, 9.17) is 4.74 Å². The molecular formula is C16H18N2O3. The standard InChI is InChI=1S/C16H18N2O3/c19-15-6-2-3-12-13(15)4-1-5-14(12)18-16(20)9-11-10-17-7-8-21-11/h1-6,11,17,19H,7-10H2,(H,18,20). The molecule has 0 bridgehead atoms. The fourth-order valence-electron chi connectivity index (χ4n) is 2.56. The zero-order valence-corrected chi connectivity index (χ0v) is 11.6. The molecule has 1 amide bonds. The third kappa shape index (κ3) is 3.15. The van der Waals surface area contributed by atoms with Crippen molar-refractivity contribution in [2.24, 2.45) is 0 Å². The summed E-state index contributed by atoms with van der Waals surface area (Å²) in [5.41, 5.74) is 0.706. The number of rotatable bonds is 3. The van der Waals surface area contributed by atoms with Crippen LogP contribution in [0, 0.1) is 0 Å². The predicted octanol–water partition coefficient (Wildman–Crippen LogP) is 1.86. The van der Waals surface area contributed by atoms with Crippen LogP contribution in [0.1, 0.15) is 6.42 Å². The summed E-state index contributed by atoms with van der Waals surface area (Å²) in [5, 5.41) is 17.5. The van der Waals surface area contributed by atoms with Gasteiger partial charge in [-0.1, -0.05) is 24.3 Å². The molecule has 3 rings (SSSR count). The molecule has 5 nitrogen and oxygen atoms in total. The fraction of sp³-hybridized carbons (Fsp3) is 0.312. The summed E-state index contributed by atoms with van der Waals surface area (Å²) in [7, 11) is 0. The molecule has 0 saturated carbocycles. The minimum absolute atomic E-state index is 0.0814. The molecule has 5 heteroatoms. The second kappa shape index (κ2) is 6.11. The van der Waals surface area contributed by atoms with E-state index >= 15 is 0 Å². The van der Waals surface area contributed by atoms with Crippen LogP contribution in [0.3, 0.4) is 0 Å². The van der Waals surface area contributed by atoms with Crippen molar-refractivity contribution >= 4 is 22.4 Å². The number of amides is 1. The highest BCUT2D eigenvalue weighted by atomic mass is 16.5. The summed E-state index contributed by atoms with van der Waals surface area (Å²) in [4.78, 5) is 12.1. The highest BCUT2D eigenvalue weighted by Gasteiger charge is 2.17. The number of phenolic OH excluding ortho intramolecular Hbond substituents is 1. The minimum Gasteiger partial charge on any atom is -0.507 e. The van der Waals surface area contributed by atoms with Gasteiger partial charge in [0, 0.05) is 29.5 Å². The average Bonchev–Trinajstić information content (AvgIpc) is 2.49. The number of carbonyl (C=O) groups excluding carboxylic acids is 1. The zero-order valence-electron chi connectivity index (χ0n) is 11.6. The van der Waals surface area contributed by atoms with Gasteiger partial charge in [0.15, 0.2) is 0 Å². The van der Waals surface area contributed by atoms with Gasteiger partial charge < -0.3 is 20.5 Å². The van der Waals surface area contributed by atoms with Crippen LogP contribution in [0.25, 0.3) is 10.8 Å². The van der Waals surface area contributed by atoms with E-state index in [9.17, 15) is 9.90 Å². The number of nitrogens with one attached hydrogen (secondary N) is 2. The van der Waals surface area contributed by atoms with Crippen molar-refractivity contribution < 1.29 is 14.6 Å². The van der Waals surface area contributed by atoms with Gasteiger partial charge in [0.2, 0.25) is 5.91 Å². The van der Waals surface area contributed by atoms with Crippen molar-refractivity contribution in [2.75, 3.05) is 25.0 Å². The first-order valence-electron chi connectivity index (χ1n) is 7.07. The molecule has 1 aliphatic heterocycles. The Morgan fingerprint density at radius 3 is 2.90 bits per heavy atom. The maximum Gasteiger partial charge on any atom is 0.227 e. The first-order valence-corrected chi connectivity index (χ1v) is 7.07. The van der Waals surface area contributed by atoms with Gasteiger partial charge in [-0.25, -0.2) is 0 Å². The summed E-state index contributed by atoms with van der Waals surface area (Å²) in [6.07, 6.45) is 0.240. The van der Waals surface area contributed by atoms with Crippen molar-refractivity contribution in [3.05, 3.63) is 36.4 Å². The van der Waals surface area contributed by atoms with Crippen LogP contribution < -0.4 is 10.6 Å². The van der Waals surface area contributed by atoms with E-state index in [1.807, 2.05) is 24.3 Å². The van der Waals surface area contributed by atoms with Gasteiger partial charge in [-0.2, -0.15) is 0 Å². The van der Waals surface area contributed by atoms with Gasteiger partial charge in [0.05, 0.1) is 19.1 Å². The largest absolute Gasteiger partial charge is 0.507 e. The third-order valence-electron chi connectivity index (χ3n) is 3.59. The smallest absolute Gasteiger partial charge is 0.227 e. The van der Waals surface area contributed by atoms with E-state index < -0.39 is 0 Å². The molecule has 21 heavy (non-hydrogen) atoms. The monoisotopic (exact) mass is 286 g/mol. The lowest BCUT2D eigenvalue weighted by atomic mass is 10.1. The van der Waals surface area contributed by atoms with Crippen LogP contribution in [0.5, 0.6) is 5.75 Å². The Bertz CT molecular complexity index is 651. The highest BCUT2D eigenvalue weighted by molar-refractivity contribution is 6.03. The molecule has 1 saturated heterocycles. The number of ether oxygens (including phenoxy) is 1.